The van der Waals surface area contributed by atoms with Crippen molar-refractivity contribution < 1.29 is 4.74 Å². The molecule has 0 bridgehead atoms. The third-order valence-corrected chi connectivity index (χ3v) is 8.14. The summed E-state index contributed by atoms with van der Waals surface area (Å²) in [4.78, 5) is 7.20. The highest BCUT2D eigenvalue weighted by molar-refractivity contribution is 5.80. The maximum absolute atomic E-state index is 6.07. The van der Waals surface area contributed by atoms with Gasteiger partial charge in [0.15, 0.2) is 5.96 Å². The molecule has 2 aliphatic heterocycles. The van der Waals surface area contributed by atoms with Crippen LogP contribution in [0.25, 0.3) is 0 Å². The van der Waals surface area contributed by atoms with Gasteiger partial charge in [-0.2, -0.15) is 0 Å². The molecule has 0 radical (unpaired) electrons. The van der Waals surface area contributed by atoms with Crippen LogP contribution >= 0.6 is 0 Å². The molecule has 5 unspecified atom stereocenters. The van der Waals surface area contributed by atoms with Gasteiger partial charge in [0.1, 0.15) is 0 Å². The van der Waals surface area contributed by atoms with E-state index in [-0.39, 0.29) is 0 Å². The predicted octanol–water partition coefficient (Wildman–Crippen LogP) is 3.16. The van der Waals surface area contributed by atoms with E-state index in [0.29, 0.717) is 35.6 Å². The van der Waals surface area contributed by atoms with Gasteiger partial charge in [-0.3, -0.25) is 9.89 Å². The van der Waals surface area contributed by atoms with Crippen LogP contribution in [-0.2, 0) is 11.3 Å². The predicted molar refractivity (Wildman–Crippen MR) is 117 cm³/mol. The highest BCUT2D eigenvalue weighted by atomic mass is 16.5. The van der Waals surface area contributed by atoms with Crippen LogP contribution < -0.4 is 10.6 Å². The van der Waals surface area contributed by atoms with Crippen LogP contribution in [0.4, 0.5) is 0 Å². The minimum atomic E-state index is 0.394. The number of nitrogens with zero attached hydrogens (tertiary/aromatic N) is 2. The van der Waals surface area contributed by atoms with Crippen molar-refractivity contribution in [1.82, 2.24) is 15.5 Å². The Morgan fingerprint density at radius 1 is 1.21 bits per heavy atom. The molecule has 5 heteroatoms. The van der Waals surface area contributed by atoms with E-state index in [9.17, 15) is 0 Å². The molecule has 0 amide bonds. The van der Waals surface area contributed by atoms with Crippen molar-refractivity contribution >= 4 is 5.96 Å². The summed E-state index contributed by atoms with van der Waals surface area (Å²) in [5, 5.41) is 7.58. The number of fused-ring (bicyclic) bond motifs is 2. The molecule has 0 aromatic heterocycles. The normalized spacial score (nSPS) is 36.2. The second-order valence-corrected chi connectivity index (χ2v) is 9.70. The molecule has 2 saturated carbocycles. The van der Waals surface area contributed by atoms with E-state index >= 15 is 0 Å². The number of benzene rings is 1. The van der Waals surface area contributed by atoms with Crippen molar-refractivity contribution in [3.05, 3.63) is 35.9 Å². The van der Waals surface area contributed by atoms with Crippen molar-refractivity contribution in [1.29, 1.82) is 0 Å². The number of piperidine rings is 1. The average Bonchev–Trinajstić information content (AvgIpc) is 3.12. The van der Waals surface area contributed by atoms with E-state index in [4.69, 9.17) is 4.74 Å². The van der Waals surface area contributed by atoms with Gasteiger partial charge >= 0.3 is 0 Å². The molecule has 5 atom stereocenters. The van der Waals surface area contributed by atoms with Gasteiger partial charge < -0.3 is 15.4 Å². The van der Waals surface area contributed by atoms with Crippen molar-refractivity contribution in [3.63, 3.8) is 0 Å². The molecule has 5 rings (SSSR count). The van der Waals surface area contributed by atoms with Gasteiger partial charge in [-0.1, -0.05) is 36.8 Å². The van der Waals surface area contributed by atoms with E-state index in [0.717, 1.165) is 25.7 Å². The fourth-order valence-electron chi connectivity index (χ4n) is 6.37. The summed E-state index contributed by atoms with van der Waals surface area (Å²) in [5.41, 5.74) is 1.80. The Morgan fingerprint density at radius 2 is 2.03 bits per heavy atom. The number of guanidine groups is 1. The molecule has 2 aliphatic carbocycles. The third kappa shape index (κ3) is 3.46. The zero-order valence-corrected chi connectivity index (χ0v) is 17.9. The Kier molecular flexibility index (Phi) is 5.29. The number of hydrogen-bond acceptors (Lipinski definition) is 3. The minimum Gasteiger partial charge on any atom is -0.377 e. The van der Waals surface area contributed by atoms with Crippen molar-refractivity contribution in [2.24, 2.45) is 16.3 Å². The lowest BCUT2D eigenvalue weighted by Gasteiger charge is -2.63. The molecule has 2 heterocycles. The fourth-order valence-corrected chi connectivity index (χ4v) is 6.37. The van der Waals surface area contributed by atoms with Crippen molar-refractivity contribution in [2.75, 3.05) is 20.2 Å². The smallest absolute Gasteiger partial charge is 0.191 e. The third-order valence-electron chi connectivity index (χ3n) is 8.14. The van der Waals surface area contributed by atoms with E-state index in [2.05, 4.69) is 57.8 Å². The van der Waals surface area contributed by atoms with Crippen LogP contribution in [0.1, 0.15) is 51.0 Å². The molecule has 4 aliphatic rings. The van der Waals surface area contributed by atoms with Crippen LogP contribution in [0.3, 0.4) is 0 Å². The summed E-state index contributed by atoms with van der Waals surface area (Å²) in [6.07, 6.45) is 8.04. The van der Waals surface area contributed by atoms with Gasteiger partial charge in [0.25, 0.3) is 0 Å². The first-order chi connectivity index (χ1) is 14.2. The molecule has 2 N–H and O–H groups in total. The fraction of sp³-hybridized carbons (Fsp3) is 0.708. The summed E-state index contributed by atoms with van der Waals surface area (Å²) < 4.78 is 6.07. The molecule has 4 fully saturated rings. The number of likely N-dealkylation sites (tertiary alicyclic amines) is 1. The maximum Gasteiger partial charge on any atom is 0.191 e. The van der Waals surface area contributed by atoms with Gasteiger partial charge in [-0.25, -0.2) is 0 Å². The number of aliphatic imine (C=N–C) groups is 1. The summed E-state index contributed by atoms with van der Waals surface area (Å²) >= 11 is 0. The van der Waals surface area contributed by atoms with E-state index < -0.39 is 0 Å². The van der Waals surface area contributed by atoms with E-state index in [1.807, 2.05) is 7.05 Å². The largest absolute Gasteiger partial charge is 0.377 e. The topological polar surface area (TPSA) is 48.9 Å². The van der Waals surface area contributed by atoms with Gasteiger partial charge in [0, 0.05) is 56.2 Å². The van der Waals surface area contributed by atoms with Crippen molar-refractivity contribution in [3.8, 4) is 0 Å². The highest BCUT2D eigenvalue weighted by Crippen LogP contribution is 2.62. The first-order valence-corrected chi connectivity index (χ1v) is 11.6. The van der Waals surface area contributed by atoms with E-state index in [1.54, 1.807) is 0 Å². The molecule has 2 saturated heterocycles. The van der Waals surface area contributed by atoms with Gasteiger partial charge in [-0.15, -0.1) is 0 Å². The average molecular weight is 397 g/mol. The Labute approximate surface area is 175 Å². The molecular weight excluding hydrogens is 360 g/mol. The van der Waals surface area contributed by atoms with Crippen LogP contribution in [0.15, 0.2) is 35.3 Å². The monoisotopic (exact) mass is 396 g/mol. The summed E-state index contributed by atoms with van der Waals surface area (Å²) in [5.74, 6) is 1.68. The first-order valence-electron chi connectivity index (χ1n) is 11.6. The van der Waals surface area contributed by atoms with Crippen LogP contribution in [0, 0.1) is 11.3 Å². The number of rotatable bonds is 4. The summed E-state index contributed by atoms with van der Waals surface area (Å²) in [6, 6.07) is 12.5. The van der Waals surface area contributed by atoms with Gasteiger partial charge in [-0.05, 0) is 44.6 Å². The second kappa shape index (κ2) is 7.92. The quantitative estimate of drug-likeness (QED) is 0.606. The van der Waals surface area contributed by atoms with Crippen LogP contribution in [-0.4, -0.2) is 55.3 Å². The molecule has 1 spiro atoms. The molecule has 29 heavy (non-hydrogen) atoms. The van der Waals surface area contributed by atoms with Crippen molar-refractivity contribution in [2.45, 2.75) is 76.2 Å². The summed E-state index contributed by atoms with van der Waals surface area (Å²) in [6.45, 7) is 5.49. The summed E-state index contributed by atoms with van der Waals surface area (Å²) in [7, 11) is 1.91. The Hall–Kier alpha value is -1.59. The molecule has 1 aromatic carbocycles. The van der Waals surface area contributed by atoms with Crippen LogP contribution in [0.5, 0.6) is 0 Å². The van der Waals surface area contributed by atoms with Crippen LogP contribution in [0.2, 0.25) is 0 Å². The molecule has 5 nitrogen and oxygen atoms in total. The lowest BCUT2D eigenvalue weighted by molar-refractivity contribution is -0.171. The maximum atomic E-state index is 6.07. The zero-order chi connectivity index (χ0) is 19.8. The van der Waals surface area contributed by atoms with E-state index in [1.165, 1.54) is 44.1 Å². The molecular formula is C24H36N4O. The number of ether oxygens (including phenoxy) is 1. The lowest BCUT2D eigenvalue weighted by Crippen LogP contribution is -2.72. The van der Waals surface area contributed by atoms with Gasteiger partial charge in [0.05, 0.1) is 6.10 Å². The minimum absolute atomic E-state index is 0.394. The SMILES string of the molecule is CN=C(NC1CCN(Cc2ccccc2)C(C)C1)NC1C2CCOC2C12CCC2. The molecule has 1 aromatic rings. The Balaban J connectivity index is 1.15. The Bertz CT molecular complexity index is 732. The highest BCUT2D eigenvalue weighted by Gasteiger charge is 2.66. The second-order valence-electron chi connectivity index (χ2n) is 9.70. The zero-order valence-electron chi connectivity index (χ0n) is 17.9. The number of nitrogens with one attached hydrogen (secondary N) is 2. The Morgan fingerprint density at radius 3 is 2.72 bits per heavy atom. The number of hydrogen-bond donors (Lipinski definition) is 2. The molecule has 158 valence electrons. The standard InChI is InChI=1S/C24H36N4O/c1-17-15-19(9-13-28(17)16-18-7-4-3-5-8-18)26-23(25-2)27-21-20-10-14-29-22(20)24(21)11-6-12-24/h3-5,7-8,17,19-22H,6,9-16H2,1-2H3,(H2,25,26,27). The van der Waals surface area contributed by atoms with Gasteiger partial charge in [0.2, 0.25) is 0 Å². The lowest BCUT2D eigenvalue weighted by atomic mass is 9.46. The first kappa shape index (κ1) is 19.4.